The molecular formula is C5H8N2O3S2. The van der Waals surface area contributed by atoms with Crippen molar-refractivity contribution in [3.8, 4) is 5.19 Å². The third kappa shape index (κ3) is 1.74. The molecule has 0 aliphatic rings. The van der Waals surface area contributed by atoms with Gasteiger partial charge in [0.25, 0.3) is 5.19 Å². The van der Waals surface area contributed by atoms with Crippen molar-refractivity contribution in [2.24, 2.45) is 5.14 Å². The molecule has 0 spiro atoms. The van der Waals surface area contributed by atoms with Crippen LogP contribution in [0.1, 0.15) is 5.69 Å². The van der Waals surface area contributed by atoms with E-state index in [4.69, 9.17) is 9.88 Å². The van der Waals surface area contributed by atoms with Crippen LogP contribution in [0.5, 0.6) is 5.19 Å². The lowest BCUT2D eigenvalue weighted by atomic mass is 10.6. The van der Waals surface area contributed by atoms with E-state index in [0.717, 1.165) is 11.3 Å². The number of rotatable bonds is 2. The highest BCUT2D eigenvalue weighted by molar-refractivity contribution is 7.91. The molecule has 0 unspecified atom stereocenters. The van der Waals surface area contributed by atoms with Crippen molar-refractivity contribution in [3.05, 3.63) is 5.69 Å². The number of thiazole rings is 1. The molecule has 0 aromatic carbocycles. The van der Waals surface area contributed by atoms with E-state index >= 15 is 0 Å². The van der Waals surface area contributed by atoms with Crippen LogP contribution in [0.2, 0.25) is 0 Å². The van der Waals surface area contributed by atoms with E-state index in [9.17, 15) is 8.42 Å². The lowest BCUT2D eigenvalue weighted by Gasteiger charge is -1.90. The van der Waals surface area contributed by atoms with Crippen LogP contribution in [0.15, 0.2) is 4.21 Å². The van der Waals surface area contributed by atoms with Gasteiger partial charge < -0.3 is 4.74 Å². The molecule has 0 amide bonds. The fourth-order valence-corrected chi connectivity index (χ4v) is 2.46. The molecule has 1 rings (SSSR count). The number of aromatic nitrogens is 1. The summed E-state index contributed by atoms with van der Waals surface area (Å²) in [5.41, 5.74) is 0.374. The minimum atomic E-state index is -3.65. The van der Waals surface area contributed by atoms with Crippen LogP contribution in [0.25, 0.3) is 0 Å². The zero-order chi connectivity index (χ0) is 9.35. The fourth-order valence-electron chi connectivity index (χ4n) is 0.710. The van der Waals surface area contributed by atoms with Gasteiger partial charge in [-0.25, -0.2) is 18.5 Å². The Kier molecular flexibility index (Phi) is 2.36. The van der Waals surface area contributed by atoms with Gasteiger partial charge in [-0.05, 0) is 6.92 Å². The van der Waals surface area contributed by atoms with Crippen molar-refractivity contribution in [1.82, 2.24) is 4.98 Å². The van der Waals surface area contributed by atoms with Crippen LogP contribution in [0.3, 0.4) is 0 Å². The maximum atomic E-state index is 10.9. The second-order valence-corrected chi connectivity index (χ2v) is 4.82. The molecule has 0 saturated carbocycles. The van der Waals surface area contributed by atoms with E-state index in [0.29, 0.717) is 10.9 Å². The first-order valence-corrected chi connectivity index (χ1v) is 5.35. The molecule has 7 heteroatoms. The van der Waals surface area contributed by atoms with E-state index in [2.05, 4.69) is 4.98 Å². The van der Waals surface area contributed by atoms with E-state index < -0.39 is 10.0 Å². The average molecular weight is 208 g/mol. The number of sulfonamides is 1. The Balaban J connectivity index is 3.27. The first-order valence-electron chi connectivity index (χ1n) is 2.99. The van der Waals surface area contributed by atoms with Gasteiger partial charge in [0.2, 0.25) is 10.0 Å². The summed E-state index contributed by atoms with van der Waals surface area (Å²) < 4.78 is 26.6. The van der Waals surface area contributed by atoms with E-state index in [1.807, 2.05) is 0 Å². The van der Waals surface area contributed by atoms with Crippen LogP contribution in [0.4, 0.5) is 0 Å². The largest absolute Gasteiger partial charge is 0.473 e. The summed E-state index contributed by atoms with van der Waals surface area (Å²) >= 11 is 0.920. The molecule has 5 nitrogen and oxygen atoms in total. The SMILES string of the molecule is COc1nc(C)c(S(N)(=O)=O)s1. The Labute approximate surface area is 74.2 Å². The predicted octanol–water partition coefficient (Wildman–Crippen LogP) is 0.108. The van der Waals surface area contributed by atoms with Crippen molar-refractivity contribution in [1.29, 1.82) is 0 Å². The third-order valence-electron chi connectivity index (χ3n) is 1.17. The zero-order valence-corrected chi connectivity index (χ0v) is 8.20. The maximum Gasteiger partial charge on any atom is 0.274 e. The summed E-state index contributed by atoms with van der Waals surface area (Å²) in [5, 5.41) is 5.22. The molecule has 0 aliphatic heterocycles. The number of ether oxygens (including phenoxy) is 1. The highest BCUT2D eigenvalue weighted by Crippen LogP contribution is 2.27. The smallest absolute Gasteiger partial charge is 0.274 e. The van der Waals surface area contributed by atoms with Gasteiger partial charge >= 0.3 is 0 Å². The molecule has 0 radical (unpaired) electrons. The lowest BCUT2D eigenvalue weighted by Crippen LogP contribution is -2.11. The molecule has 0 atom stereocenters. The topological polar surface area (TPSA) is 82.3 Å². The van der Waals surface area contributed by atoms with Crippen molar-refractivity contribution < 1.29 is 13.2 Å². The predicted molar refractivity (Wildman–Crippen MR) is 44.8 cm³/mol. The summed E-state index contributed by atoms with van der Waals surface area (Å²) in [6.45, 7) is 1.57. The van der Waals surface area contributed by atoms with Crippen molar-refractivity contribution in [2.45, 2.75) is 11.1 Å². The number of aryl methyl sites for hydroxylation is 1. The van der Waals surface area contributed by atoms with Gasteiger partial charge in [0.05, 0.1) is 12.8 Å². The number of methoxy groups -OCH3 is 1. The molecule has 68 valence electrons. The highest BCUT2D eigenvalue weighted by Gasteiger charge is 2.17. The normalized spacial score (nSPS) is 11.6. The second kappa shape index (κ2) is 3.00. The van der Waals surface area contributed by atoms with Crippen molar-refractivity contribution in [3.63, 3.8) is 0 Å². The molecule has 12 heavy (non-hydrogen) atoms. The summed E-state index contributed by atoms with van der Waals surface area (Å²) in [6, 6.07) is 0. The Morgan fingerprint density at radius 1 is 1.58 bits per heavy atom. The van der Waals surface area contributed by atoms with Gasteiger partial charge in [0.1, 0.15) is 0 Å². The van der Waals surface area contributed by atoms with Gasteiger partial charge in [-0.1, -0.05) is 11.3 Å². The van der Waals surface area contributed by atoms with Crippen molar-refractivity contribution in [2.75, 3.05) is 7.11 Å². The average Bonchev–Trinajstić information content (AvgIpc) is 2.29. The molecule has 0 aliphatic carbocycles. The molecule has 2 N–H and O–H groups in total. The Bertz CT molecular complexity index is 381. The Morgan fingerprint density at radius 3 is 2.42 bits per heavy atom. The summed E-state index contributed by atoms with van der Waals surface area (Å²) in [5.74, 6) is 0. The quantitative estimate of drug-likeness (QED) is 0.747. The highest BCUT2D eigenvalue weighted by atomic mass is 32.2. The van der Waals surface area contributed by atoms with Crippen LogP contribution in [-0.2, 0) is 10.0 Å². The maximum absolute atomic E-state index is 10.9. The molecule has 0 saturated heterocycles. The van der Waals surface area contributed by atoms with Crippen LogP contribution < -0.4 is 9.88 Å². The number of primary sulfonamides is 1. The van der Waals surface area contributed by atoms with Gasteiger partial charge in [0, 0.05) is 0 Å². The van der Waals surface area contributed by atoms with E-state index in [1.165, 1.54) is 7.11 Å². The first kappa shape index (κ1) is 9.43. The number of nitrogens with two attached hydrogens (primary N) is 1. The van der Waals surface area contributed by atoms with Gasteiger partial charge in [0.15, 0.2) is 4.21 Å². The minimum Gasteiger partial charge on any atom is -0.473 e. The standard InChI is InChI=1S/C5H8N2O3S2/c1-3-4(12(6,8)9)11-5(7-3)10-2/h1-2H3,(H2,6,8,9). The monoisotopic (exact) mass is 208 g/mol. The van der Waals surface area contributed by atoms with Crippen LogP contribution in [-0.4, -0.2) is 20.5 Å². The zero-order valence-electron chi connectivity index (χ0n) is 6.57. The number of hydrogen-bond donors (Lipinski definition) is 1. The molecular weight excluding hydrogens is 200 g/mol. The van der Waals surface area contributed by atoms with Gasteiger partial charge in [-0.3, -0.25) is 0 Å². The third-order valence-corrected chi connectivity index (χ3v) is 3.84. The van der Waals surface area contributed by atoms with Crippen LogP contribution in [0, 0.1) is 6.92 Å². The molecule has 1 aromatic heterocycles. The Hall–Kier alpha value is -0.660. The molecule has 1 heterocycles. The van der Waals surface area contributed by atoms with Gasteiger partial charge in [-0.2, -0.15) is 0 Å². The number of nitrogens with zero attached hydrogens (tertiary/aromatic N) is 1. The lowest BCUT2D eigenvalue weighted by molar-refractivity contribution is 0.411. The molecule has 0 bridgehead atoms. The second-order valence-electron chi connectivity index (χ2n) is 2.10. The summed E-state index contributed by atoms with van der Waals surface area (Å²) in [4.78, 5) is 3.83. The fraction of sp³-hybridized carbons (Fsp3) is 0.400. The molecule has 1 aromatic rings. The summed E-state index contributed by atoms with van der Waals surface area (Å²) in [7, 11) is -2.22. The number of hydrogen-bond acceptors (Lipinski definition) is 5. The van der Waals surface area contributed by atoms with Crippen molar-refractivity contribution >= 4 is 21.4 Å². The summed E-state index contributed by atoms with van der Waals surface area (Å²) in [6.07, 6.45) is 0. The van der Waals surface area contributed by atoms with E-state index in [-0.39, 0.29) is 4.21 Å². The first-order chi connectivity index (χ1) is 5.45. The van der Waals surface area contributed by atoms with E-state index in [1.54, 1.807) is 6.92 Å². The Morgan fingerprint density at radius 2 is 2.17 bits per heavy atom. The van der Waals surface area contributed by atoms with Crippen LogP contribution >= 0.6 is 11.3 Å². The minimum absolute atomic E-state index is 0.0550. The van der Waals surface area contributed by atoms with Gasteiger partial charge in [-0.15, -0.1) is 0 Å². The molecule has 0 fully saturated rings.